The van der Waals surface area contributed by atoms with Crippen LogP contribution in [0.1, 0.15) is 54.9 Å². The zero-order valence-corrected chi connectivity index (χ0v) is 13.2. The van der Waals surface area contributed by atoms with Crippen molar-refractivity contribution in [1.29, 1.82) is 0 Å². The first kappa shape index (κ1) is 16.0. The maximum absolute atomic E-state index is 12.6. The molecule has 116 valence electrons. The highest BCUT2D eigenvalue weighted by atomic mass is 32.2. The molecule has 21 heavy (non-hydrogen) atoms. The van der Waals surface area contributed by atoms with Gasteiger partial charge in [0.2, 0.25) is 10.0 Å². The molecule has 2 rings (SSSR count). The lowest BCUT2D eigenvalue weighted by molar-refractivity contribution is 0.0696. The summed E-state index contributed by atoms with van der Waals surface area (Å²) in [6.45, 7) is 3.59. The van der Waals surface area contributed by atoms with E-state index in [1.807, 2.05) is 6.92 Å². The molecular formula is C15H21NO4S. The van der Waals surface area contributed by atoms with Crippen LogP contribution in [0.4, 0.5) is 0 Å². The van der Waals surface area contributed by atoms with Gasteiger partial charge in [-0.05, 0) is 44.4 Å². The molecule has 0 saturated heterocycles. The average molecular weight is 311 g/mol. The number of rotatable bonds is 4. The minimum Gasteiger partial charge on any atom is -0.478 e. The Bertz CT molecular complexity index is 646. The van der Waals surface area contributed by atoms with E-state index in [4.69, 9.17) is 5.11 Å². The van der Waals surface area contributed by atoms with Crippen LogP contribution in [-0.4, -0.2) is 25.0 Å². The summed E-state index contributed by atoms with van der Waals surface area (Å²) in [5.74, 6) is -1.13. The fourth-order valence-corrected chi connectivity index (χ4v) is 4.57. The molecule has 1 aliphatic rings. The molecule has 1 aliphatic carbocycles. The maximum atomic E-state index is 12.6. The minimum absolute atomic E-state index is 0.0187. The predicted molar refractivity (Wildman–Crippen MR) is 79.9 cm³/mol. The van der Waals surface area contributed by atoms with E-state index in [9.17, 15) is 13.2 Å². The number of aryl methyl sites for hydroxylation is 1. The molecule has 1 fully saturated rings. The standard InChI is InChI=1S/C15H21NO4S/c1-11-6-7-12(14(17)18)10-13(11)21(19,20)16-15(2)8-4-3-5-9-15/h6-7,10,16H,3-5,8-9H2,1-2H3,(H,17,18). The van der Waals surface area contributed by atoms with Crippen molar-refractivity contribution in [3.63, 3.8) is 0 Å². The van der Waals surface area contributed by atoms with Crippen molar-refractivity contribution in [3.8, 4) is 0 Å². The van der Waals surface area contributed by atoms with Crippen LogP contribution in [0.2, 0.25) is 0 Å². The summed E-state index contributed by atoms with van der Waals surface area (Å²) in [6, 6.07) is 4.17. The summed E-state index contributed by atoms with van der Waals surface area (Å²) >= 11 is 0. The van der Waals surface area contributed by atoms with E-state index in [0.29, 0.717) is 5.56 Å². The first-order chi connectivity index (χ1) is 9.73. The van der Waals surface area contributed by atoms with Gasteiger partial charge in [-0.2, -0.15) is 0 Å². The lowest BCUT2D eigenvalue weighted by Gasteiger charge is -2.34. The number of carbonyl (C=O) groups is 1. The zero-order valence-electron chi connectivity index (χ0n) is 12.3. The highest BCUT2D eigenvalue weighted by molar-refractivity contribution is 7.89. The number of hydrogen-bond donors (Lipinski definition) is 2. The van der Waals surface area contributed by atoms with Gasteiger partial charge in [0.05, 0.1) is 10.5 Å². The minimum atomic E-state index is -3.72. The topological polar surface area (TPSA) is 83.5 Å². The van der Waals surface area contributed by atoms with E-state index in [1.54, 1.807) is 6.92 Å². The molecule has 0 atom stereocenters. The summed E-state index contributed by atoms with van der Waals surface area (Å²) in [7, 11) is -3.72. The van der Waals surface area contributed by atoms with Gasteiger partial charge >= 0.3 is 5.97 Å². The van der Waals surface area contributed by atoms with Crippen LogP contribution in [0.25, 0.3) is 0 Å². The molecule has 0 spiro atoms. The average Bonchev–Trinajstić information content (AvgIpc) is 2.38. The van der Waals surface area contributed by atoms with Crippen molar-refractivity contribution in [2.24, 2.45) is 0 Å². The molecule has 1 aromatic rings. The molecule has 0 aromatic heterocycles. The first-order valence-electron chi connectivity index (χ1n) is 7.11. The van der Waals surface area contributed by atoms with Crippen LogP contribution in [-0.2, 0) is 10.0 Å². The van der Waals surface area contributed by atoms with Gasteiger partial charge in [0, 0.05) is 5.54 Å². The van der Waals surface area contributed by atoms with E-state index in [2.05, 4.69) is 4.72 Å². The normalized spacial score (nSPS) is 18.4. The highest BCUT2D eigenvalue weighted by Gasteiger charge is 2.32. The van der Waals surface area contributed by atoms with E-state index in [-0.39, 0.29) is 10.5 Å². The maximum Gasteiger partial charge on any atom is 0.335 e. The Morgan fingerprint density at radius 2 is 1.86 bits per heavy atom. The summed E-state index contributed by atoms with van der Waals surface area (Å²) in [5.41, 5.74) is 0.0876. The number of benzene rings is 1. The summed E-state index contributed by atoms with van der Waals surface area (Å²) in [6.07, 6.45) is 4.76. The van der Waals surface area contributed by atoms with E-state index in [1.165, 1.54) is 18.2 Å². The third kappa shape index (κ3) is 3.63. The van der Waals surface area contributed by atoms with Gasteiger partial charge in [0.25, 0.3) is 0 Å². The van der Waals surface area contributed by atoms with Gasteiger partial charge < -0.3 is 5.11 Å². The van der Waals surface area contributed by atoms with E-state index >= 15 is 0 Å². The third-order valence-electron chi connectivity index (χ3n) is 4.06. The molecular weight excluding hydrogens is 290 g/mol. The largest absolute Gasteiger partial charge is 0.478 e. The lowest BCUT2D eigenvalue weighted by atomic mass is 9.84. The molecule has 6 heteroatoms. The van der Waals surface area contributed by atoms with Crippen molar-refractivity contribution in [2.45, 2.75) is 56.4 Å². The van der Waals surface area contributed by atoms with Crippen LogP contribution < -0.4 is 4.72 Å². The van der Waals surface area contributed by atoms with E-state index < -0.39 is 21.5 Å². The van der Waals surface area contributed by atoms with Crippen LogP contribution in [0.15, 0.2) is 23.1 Å². The molecule has 0 heterocycles. The Labute approximate surface area is 125 Å². The Hall–Kier alpha value is -1.40. The molecule has 2 N–H and O–H groups in total. The van der Waals surface area contributed by atoms with Crippen molar-refractivity contribution in [3.05, 3.63) is 29.3 Å². The Morgan fingerprint density at radius 1 is 1.24 bits per heavy atom. The first-order valence-corrected chi connectivity index (χ1v) is 8.60. The van der Waals surface area contributed by atoms with Gasteiger partial charge in [-0.15, -0.1) is 0 Å². The Kier molecular flexibility index (Phi) is 4.39. The van der Waals surface area contributed by atoms with Gasteiger partial charge in [0.1, 0.15) is 0 Å². The summed E-state index contributed by atoms with van der Waals surface area (Å²) in [5, 5.41) is 9.02. The molecule has 1 aromatic carbocycles. The second-order valence-corrected chi connectivity index (χ2v) is 7.66. The zero-order chi connectivity index (χ0) is 15.7. The number of sulfonamides is 1. The van der Waals surface area contributed by atoms with Crippen molar-refractivity contribution in [2.75, 3.05) is 0 Å². The fraction of sp³-hybridized carbons (Fsp3) is 0.533. The summed E-state index contributed by atoms with van der Waals surface area (Å²) < 4.78 is 28.0. The van der Waals surface area contributed by atoms with Crippen molar-refractivity contribution in [1.82, 2.24) is 4.72 Å². The quantitative estimate of drug-likeness (QED) is 0.895. The molecule has 1 saturated carbocycles. The monoisotopic (exact) mass is 311 g/mol. The highest BCUT2D eigenvalue weighted by Crippen LogP contribution is 2.30. The van der Waals surface area contributed by atoms with Gasteiger partial charge in [-0.1, -0.05) is 25.3 Å². The van der Waals surface area contributed by atoms with Crippen molar-refractivity contribution < 1.29 is 18.3 Å². The van der Waals surface area contributed by atoms with E-state index in [0.717, 1.165) is 32.1 Å². The molecule has 0 amide bonds. The smallest absolute Gasteiger partial charge is 0.335 e. The molecule has 0 unspecified atom stereocenters. The van der Waals surface area contributed by atoms with Crippen LogP contribution in [0.3, 0.4) is 0 Å². The van der Waals surface area contributed by atoms with Gasteiger partial charge in [-0.25, -0.2) is 17.9 Å². The molecule has 5 nitrogen and oxygen atoms in total. The van der Waals surface area contributed by atoms with Gasteiger partial charge in [0.15, 0.2) is 0 Å². The van der Waals surface area contributed by atoms with Crippen molar-refractivity contribution >= 4 is 16.0 Å². The summed E-state index contributed by atoms with van der Waals surface area (Å²) in [4.78, 5) is 11.1. The Balaban J connectivity index is 2.35. The SMILES string of the molecule is Cc1ccc(C(=O)O)cc1S(=O)(=O)NC1(C)CCCCC1. The lowest BCUT2D eigenvalue weighted by Crippen LogP contribution is -2.47. The second kappa shape index (κ2) is 5.77. The number of hydrogen-bond acceptors (Lipinski definition) is 3. The predicted octanol–water partition coefficient (Wildman–Crippen LogP) is 2.69. The number of carboxylic acid groups (broad SMARTS) is 1. The fourth-order valence-electron chi connectivity index (χ4n) is 2.84. The number of carboxylic acids is 1. The Morgan fingerprint density at radius 3 is 2.43 bits per heavy atom. The number of nitrogens with one attached hydrogen (secondary N) is 1. The molecule has 0 bridgehead atoms. The second-order valence-electron chi connectivity index (χ2n) is 6.01. The van der Waals surface area contributed by atoms with Crippen LogP contribution >= 0.6 is 0 Å². The van der Waals surface area contributed by atoms with Gasteiger partial charge in [-0.3, -0.25) is 0 Å². The van der Waals surface area contributed by atoms with Crippen LogP contribution in [0.5, 0.6) is 0 Å². The van der Waals surface area contributed by atoms with Crippen LogP contribution in [0, 0.1) is 6.92 Å². The third-order valence-corrected chi connectivity index (χ3v) is 5.84. The molecule has 0 aliphatic heterocycles. The number of aromatic carboxylic acids is 1. The molecule has 0 radical (unpaired) electrons.